The van der Waals surface area contributed by atoms with Gasteiger partial charge in [-0.2, -0.15) is 9.78 Å². The van der Waals surface area contributed by atoms with E-state index in [-0.39, 0.29) is 11.2 Å². The largest absolute Gasteiger partial charge is 0.349 e. The van der Waals surface area contributed by atoms with Crippen molar-refractivity contribution < 1.29 is 4.92 Å². The minimum atomic E-state index is -0.471. The lowest BCUT2D eigenvalue weighted by Gasteiger charge is -1.98. The molecule has 1 N–H and O–H groups in total. The maximum Gasteiger partial charge on any atom is 0.298 e. The number of nitrogens with zero attached hydrogens (tertiary/aromatic N) is 4. The van der Waals surface area contributed by atoms with Crippen molar-refractivity contribution in [2.45, 2.75) is 6.92 Å². The van der Waals surface area contributed by atoms with Crippen molar-refractivity contribution in [3.05, 3.63) is 80.4 Å². The molecule has 4 rings (SSSR count). The maximum atomic E-state index is 12.6. The van der Waals surface area contributed by atoms with Crippen LogP contribution in [0.2, 0.25) is 0 Å². The maximum absolute atomic E-state index is 12.6. The fourth-order valence-corrected chi connectivity index (χ4v) is 2.75. The minimum Gasteiger partial charge on any atom is -0.349 e. The molecule has 2 aromatic heterocycles. The number of nitro groups is 1. The molecule has 8 heteroatoms. The standard InChI is InChI=1S/C18H13N5O3/c1-11-2-7-15-14(8-11)16-17(21-15)18(24)22(10-19-16)20-9-12-3-5-13(6-4-12)23(25)26/h2-10,21H,1H3/b20-9-. The lowest BCUT2D eigenvalue weighted by Crippen LogP contribution is -2.17. The average Bonchev–Trinajstić information content (AvgIpc) is 3.00. The lowest BCUT2D eigenvalue weighted by molar-refractivity contribution is -0.384. The third kappa shape index (κ3) is 2.63. The molecular formula is C18H13N5O3. The van der Waals surface area contributed by atoms with E-state index < -0.39 is 4.92 Å². The minimum absolute atomic E-state index is 0.00391. The Morgan fingerprint density at radius 2 is 2.00 bits per heavy atom. The summed E-state index contributed by atoms with van der Waals surface area (Å²) < 4.78 is 1.13. The highest BCUT2D eigenvalue weighted by Crippen LogP contribution is 2.22. The molecule has 0 aliphatic heterocycles. The summed E-state index contributed by atoms with van der Waals surface area (Å²) in [7, 11) is 0. The number of aromatic amines is 1. The van der Waals surface area contributed by atoms with Crippen LogP contribution in [-0.2, 0) is 0 Å². The summed E-state index contributed by atoms with van der Waals surface area (Å²) in [5, 5.41) is 15.7. The van der Waals surface area contributed by atoms with E-state index >= 15 is 0 Å². The molecule has 128 valence electrons. The number of hydrogen-bond donors (Lipinski definition) is 1. The molecular weight excluding hydrogens is 334 g/mol. The van der Waals surface area contributed by atoms with E-state index in [0.29, 0.717) is 16.6 Å². The molecule has 0 saturated carbocycles. The predicted molar refractivity (Wildman–Crippen MR) is 98.7 cm³/mol. The van der Waals surface area contributed by atoms with Crippen molar-refractivity contribution in [1.82, 2.24) is 14.6 Å². The number of benzene rings is 2. The molecule has 4 aromatic rings. The summed E-state index contributed by atoms with van der Waals surface area (Å²) in [6.07, 6.45) is 2.81. The smallest absolute Gasteiger partial charge is 0.298 e. The summed E-state index contributed by atoms with van der Waals surface area (Å²) in [5.74, 6) is 0. The molecule has 0 aliphatic carbocycles. The van der Waals surface area contributed by atoms with Gasteiger partial charge in [-0.3, -0.25) is 14.9 Å². The number of non-ortho nitro benzene ring substituents is 1. The van der Waals surface area contributed by atoms with E-state index in [9.17, 15) is 14.9 Å². The van der Waals surface area contributed by atoms with Crippen LogP contribution in [0.25, 0.3) is 21.9 Å². The first kappa shape index (κ1) is 15.7. The molecule has 2 aromatic carbocycles. The molecule has 0 unspecified atom stereocenters. The van der Waals surface area contributed by atoms with Crippen molar-refractivity contribution in [2.24, 2.45) is 5.10 Å². The van der Waals surface area contributed by atoms with E-state index in [2.05, 4.69) is 15.1 Å². The van der Waals surface area contributed by atoms with E-state index in [1.165, 1.54) is 24.7 Å². The Hall–Kier alpha value is -3.81. The quantitative estimate of drug-likeness (QED) is 0.349. The second-order valence-electron chi connectivity index (χ2n) is 5.89. The van der Waals surface area contributed by atoms with Gasteiger partial charge in [-0.05, 0) is 36.8 Å². The summed E-state index contributed by atoms with van der Waals surface area (Å²) in [5.41, 5.74) is 3.23. The van der Waals surface area contributed by atoms with Crippen molar-refractivity contribution in [1.29, 1.82) is 0 Å². The Bertz CT molecular complexity index is 1240. The first-order chi connectivity index (χ1) is 12.5. The highest BCUT2D eigenvalue weighted by atomic mass is 16.6. The summed E-state index contributed by atoms with van der Waals surface area (Å²) >= 11 is 0. The average molecular weight is 347 g/mol. The Kier molecular flexibility index (Phi) is 3.58. The number of rotatable bonds is 3. The van der Waals surface area contributed by atoms with Gasteiger partial charge in [0.05, 0.1) is 11.1 Å². The third-order valence-corrected chi connectivity index (χ3v) is 4.08. The van der Waals surface area contributed by atoms with Crippen LogP contribution in [0.4, 0.5) is 5.69 Å². The van der Waals surface area contributed by atoms with Gasteiger partial charge in [-0.25, -0.2) is 4.98 Å². The fraction of sp³-hybridized carbons (Fsp3) is 0.0556. The molecule has 0 amide bonds. The Balaban J connectivity index is 1.75. The fourth-order valence-electron chi connectivity index (χ4n) is 2.75. The van der Waals surface area contributed by atoms with Gasteiger partial charge >= 0.3 is 0 Å². The SMILES string of the molecule is Cc1ccc2[nH]c3c(=O)n(/N=C\c4ccc([N+](=O)[O-])cc4)cnc3c2c1. The van der Waals surface area contributed by atoms with Gasteiger partial charge in [0.1, 0.15) is 17.4 Å². The van der Waals surface area contributed by atoms with Crippen LogP contribution in [-0.4, -0.2) is 25.8 Å². The van der Waals surface area contributed by atoms with Gasteiger partial charge in [-0.1, -0.05) is 11.6 Å². The van der Waals surface area contributed by atoms with E-state index in [1.807, 2.05) is 25.1 Å². The number of nitrogens with one attached hydrogen (secondary N) is 1. The molecule has 0 bridgehead atoms. The number of nitro benzene ring substituents is 1. The third-order valence-electron chi connectivity index (χ3n) is 4.08. The molecule has 0 atom stereocenters. The van der Waals surface area contributed by atoms with Crippen molar-refractivity contribution in [3.8, 4) is 0 Å². The van der Waals surface area contributed by atoms with Crippen LogP contribution in [0, 0.1) is 17.0 Å². The molecule has 0 radical (unpaired) electrons. The molecule has 8 nitrogen and oxygen atoms in total. The second-order valence-corrected chi connectivity index (χ2v) is 5.89. The molecule has 0 fully saturated rings. The van der Waals surface area contributed by atoms with Gasteiger partial charge in [0.2, 0.25) is 0 Å². The van der Waals surface area contributed by atoms with E-state index in [4.69, 9.17) is 0 Å². The number of fused-ring (bicyclic) bond motifs is 3. The highest BCUT2D eigenvalue weighted by Gasteiger charge is 2.10. The van der Waals surface area contributed by atoms with Crippen LogP contribution in [0.15, 0.2) is 58.7 Å². The molecule has 0 aliphatic rings. The predicted octanol–water partition coefficient (Wildman–Crippen LogP) is 2.98. The molecule has 0 saturated heterocycles. The first-order valence-corrected chi connectivity index (χ1v) is 7.81. The van der Waals surface area contributed by atoms with Crippen LogP contribution in [0.5, 0.6) is 0 Å². The number of H-pyrrole nitrogens is 1. The van der Waals surface area contributed by atoms with Crippen molar-refractivity contribution in [3.63, 3.8) is 0 Å². The molecule has 0 spiro atoms. The summed E-state index contributed by atoms with van der Waals surface area (Å²) in [6.45, 7) is 1.98. The van der Waals surface area contributed by atoms with Crippen LogP contribution in [0.1, 0.15) is 11.1 Å². The first-order valence-electron chi connectivity index (χ1n) is 7.81. The number of hydrogen-bond acceptors (Lipinski definition) is 5. The van der Waals surface area contributed by atoms with Gasteiger partial charge in [0, 0.05) is 23.0 Å². The van der Waals surface area contributed by atoms with Crippen LogP contribution >= 0.6 is 0 Å². The van der Waals surface area contributed by atoms with E-state index in [0.717, 1.165) is 21.1 Å². The zero-order chi connectivity index (χ0) is 18.3. The molecule has 2 heterocycles. The van der Waals surface area contributed by atoms with Crippen molar-refractivity contribution >= 4 is 33.8 Å². The Morgan fingerprint density at radius 1 is 1.23 bits per heavy atom. The summed E-state index contributed by atoms with van der Waals surface area (Å²) in [6, 6.07) is 11.7. The normalized spacial score (nSPS) is 11.6. The second kappa shape index (κ2) is 5.92. The monoisotopic (exact) mass is 347 g/mol. The lowest BCUT2D eigenvalue weighted by atomic mass is 10.2. The topological polar surface area (TPSA) is 106 Å². The number of aromatic nitrogens is 3. The van der Waals surface area contributed by atoms with Crippen LogP contribution in [0.3, 0.4) is 0 Å². The van der Waals surface area contributed by atoms with Crippen molar-refractivity contribution in [2.75, 3.05) is 0 Å². The van der Waals surface area contributed by atoms with Gasteiger partial charge in [0.15, 0.2) is 0 Å². The zero-order valence-electron chi connectivity index (χ0n) is 13.7. The van der Waals surface area contributed by atoms with Crippen LogP contribution < -0.4 is 5.56 Å². The Labute approximate surface area is 146 Å². The van der Waals surface area contributed by atoms with Gasteiger partial charge in [0.25, 0.3) is 11.2 Å². The Morgan fingerprint density at radius 3 is 2.73 bits per heavy atom. The van der Waals surface area contributed by atoms with Gasteiger partial charge in [-0.15, -0.1) is 0 Å². The zero-order valence-corrected chi connectivity index (χ0v) is 13.7. The van der Waals surface area contributed by atoms with Gasteiger partial charge < -0.3 is 4.98 Å². The highest BCUT2D eigenvalue weighted by molar-refractivity contribution is 6.04. The summed E-state index contributed by atoms with van der Waals surface area (Å²) in [4.78, 5) is 30.3. The number of aryl methyl sites for hydroxylation is 1. The molecule has 26 heavy (non-hydrogen) atoms. The van der Waals surface area contributed by atoms with E-state index in [1.54, 1.807) is 12.1 Å².